The minimum atomic E-state index is 0.895. The lowest BCUT2D eigenvalue weighted by atomic mass is 10.0. The minimum absolute atomic E-state index is 0.895. The van der Waals surface area contributed by atoms with Gasteiger partial charge in [-0.3, -0.25) is 0 Å². The van der Waals surface area contributed by atoms with Crippen LogP contribution < -0.4 is 0 Å². The van der Waals surface area contributed by atoms with Gasteiger partial charge in [0.1, 0.15) is 0 Å². The Labute approximate surface area is 141 Å². The van der Waals surface area contributed by atoms with Gasteiger partial charge in [0.2, 0.25) is 0 Å². The molecule has 0 saturated heterocycles. The maximum absolute atomic E-state index is 4.96. The van der Waals surface area contributed by atoms with Gasteiger partial charge in [-0.25, -0.2) is 0 Å². The Morgan fingerprint density at radius 3 is 1.05 bits per heavy atom. The predicted octanol–water partition coefficient (Wildman–Crippen LogP) is 8.08. The Bertz CT molecular complexity index is 177. The summed E-state index contributed by atoms with van der Waals surface area (Å²) in [6, 6.07) is 0. The first-order valence-corrected chi connectivity index (χ1v) is 10.4. The van der Waals surface area contributed by atoms with Gasteiger partial charge in [0.25, 0.3) is 0 Å². The highest BCUT2D eigenvalue weighted by Crippen LogP contribution is 2.14. The highest BCUT2D eigenvalue weighted by molar-refractivity contribution is 7.80. The van der Waals surface area contributed by atoms with E-state index in [1.54, 1.807) is 0 Å². The predicted molar refractivity (Wildman–Crippen MR) is 101 cm³/mol. The van der Waals surface area contributed by atoms with Crippen molar-refractivity contribution in [2.75, 3.05) is 5.75 Å². The van der Waals surface area contributed by atoms with Gasteiger partial charge in [0.15, 0.2) is 0 Å². The summed E-state index contributed by atoms with van der Waals surface area (Å²) >= 11 is 4.96. The van der Waals surface area contributed by atoms with E-state index >= 15 is 0 Å². The van der Waals surface area contributed by atoms with Crippen LogP contribution >= 0.6 is 12.6 Å². The molecule has 127 valence electrons. The molecule has 0 aromatic rings. The molecule has 0 spiro atoms. The lowest BCUT2D eigenvalue weighted by molar-refractivity contribution is 0.502. The van der Waals surface area contributed by atoms with Gasteiger partial charge in [-0.2, -0.15) is 0 Å². The van der Waals surface area contributed by atoms with Crippen molar-refractivity contribution < 1.29 is 0 Å². The van der Waals surface area contributed by atoms with Crippen LogP contribution in [0.1, 0.15) is 117 Å². The van der Waals surface area contributed by atoms with Crippen molar-refractivity contribution in [3.63, 3.8) is 0 Å². The fraction of sp³-hybridized carbons (Fsp3) is 1.00. The molecule has 0 aliphatic heterocycles. The van der Waals surface area contributed by atoms with Crippen LogP contribution in [0, 0.1) is 5.92 Å². The molecule has 1 radical (unpaired) electrons. The smallest absolute Gasteiger partial charge is 0.00369 e. The lowest BCUT2D eigenvalue weighted by Gasteiger charge is -2.05. The molecule has 0 saturated carbocycles. The molecule has 0 nitrogen and oxygen atoms in total. The third kappa shape index (κ3) is 20.4. The van der Waals surface area contributed by atoms with Gasteiger partial charge in [0.05, 0.1) is 0 Å². The van der Waals surface area contributed by atoms with E-state index in [9.17, 15) is 0 Å². The van der Waals surface area contributed by atoms with Gasteiger partial charge in [-0.05, 0) is 12.3 Å². The van der Waals surface area contributed by atoms with Crippen molar-refractivity contribution >= 4 is 12.6 Å². The highest BCUT2D eigenvalue weighted by Gasteiger charge is 1.96. The normalized spacial score (nSPS) is 11.4. The standard InChI is InChI=1S/C20H41S/c1-20(2)18-16-14-12-10-8-6-4-3-5-7-9-11-13-15-17-19-21/h20H,3-19H2,1-2H3. The Morgan fingerprint density at radius 2 is 0.762 bits per heavy atom. The molecule has 0 aliphatic rings. The molecule has 21 heavy (non-hydrogen) atoms. The van der Waals surface area contributed by atoms with Crippen LogP contribution in [-0.4, -0.2) is 5.75 Å². The quantitative estimate of drug-likeness (QED) is 0.238. The van der Waals surface area contributed by atoms with Crippen LogP contribution in [0.4, 0.5) is 0 Å². The molecule has 0 rings (SSSR count). The SMILES string of the molecule is CC(C)CCCCCCCCCCCCCCCCC[S]. The second-order valence-electron chi connectivity index (χ2n) is 7.19. The molecule has 0 amide bonds. The van der Waals surface area contributed by atoms with Crippen LogP contribution in [0.15, 0.2) is 0 Å². The summed E-state index contributed by atoms with van der Waals surface area (Å²) in [4.78, 5) is 0. The average Bonchev–Trinajstić information content (AvgIpc) is 2.46. The van der Waals surface area contributed by atoms with Crippen LogP contribution in [0.2, 0.25) is 0 Å². The molecule has 0 fully saturated rings. The second-order valence-corrected chi connectivity index (χ2v) is 7.60. The number of hydrogen-bond acceptors (Lipinski definition) is 0. The van der Waals surface area contributed by atoms with Gasteiger partial charge in [-0.1, -0.05) is 123 Å². The molecule has 0 heterocycles. The summed E-state index contributed by atoms with van der Waals surface area (Å²) < 4.78 is 0. The fourth-order valence-corrected chi connectivity index (χ4v) is 3.16. The van der Waals surface area contributed by atoms with E-state index in [4.69, 9.17) is 12.6 Å². The first-order valence-electron chi connectivity index (χ1n) is 9.85. The third-order valence-electron chi connectivity index (χ3n) is 4.43. The van der Waals surface area contributed by atoms with Crippen molar-refractivity contribution in [2.24, 2.45) is 5.92 Å². The largest absolute Gasteiger partial charge is 0.0942 e. The topological polar surface area (TPSA) is 0 Å². The maximum atomic E-state index is 4.96. The fourth-order valence-electron chi connectivity index (χ4n) is 2.95. The molecule has 0 aromatic carbocycles. The highest BCUT2D eigenvalue weighted by atomic mass is 32.1. The third-order valence-corrected chi connectivity index (χ3v) is 4.71. The summed E-state index contributed by atoms with van der Waals surface area (Å²) in [5, 5.41) is 0. The van der Waals surface area contributed by atoms with Crippen LogP contribution in [0.3, 0.4) is 0 Å². The zero-order valence-corrected chi connectivity index (χ0v) is 15.8. The van der Waals surface area contributed by atoms with Gasteiger partial charge < -0.3 is 0 Å². The van der Waals surface area contributed by atoms with Crippen molar-refractivity contribution in [1.82, 2.24) is 0 Å². The summed E-state index contributed by atoms with van der Waals surface area (Å²) in [7, 11) is 0. The second kappa shape index (κ2) is 18.4. The van der Waals surface area contributed by atoms with Crippen LogP contribution in [0.5, 0.6) is 0 Å². The molecular formula is C20H41S. The van der Waals surface area contributed by atoms with E-state index in [1.807, 2.05) is 0 Å². The van der Waals surface area contributed by atoms with E-state index in [0.717, 1.165) is 11.7 Å². The van der Waals surface area contributed by atoms with Gasteiger partial charge >= 0.3 is 0 Å². The first kappa shape index (κ1) is 21.4. The van der Waals surface area contributed by atoms with Crippen LogP contribution in [-0.2, 0) is 0 Å². The van der Waals surface area contributed by atoms with Crippen molar-refractivity contribution in [2.45, 2.75) is 117 Å². The lowest BCUT2D eigenvalue weighted by Crippen LogP contribution is -1.87. The van der Waals surface area contributed by atoms with Crippen LogP contribution in [0.25, 0.3) is 0 Å². The van der Waals surface area contributed by atoms with Gasteiger partial charge in [0, 0.05) is 5.75 Å². The minimum Gasteiger partial charge on any atom is -0.0942 e. The Hall–Kier alpha value is 0.350. The molecule has 0 unspecified atom stereocenters. The van der Waals surface area contributed by atoms with Crippen molar-refractivity contribution in [3.05, 3.63) is 0 Å². The van der Waals surface area contributed by atoms with E-state index in [0.29, 0.717) is 0 Å². The van der Waals surface area contributed by atoms with Crippen molar-refractivity contribution in [3.8, 4) is 0 Å². The number of unbranched alkanes of at least 4 members (excludes halogenated alkanes) is 14. The molecule has 0 aromatic heterocycles. The Kier molecular flexibility index (Phi) is 18.7. The Balaban J connectivity index is 2.93. The molecule has 0 aliphatic carbocycles. The summed E-state index contributed by atoms with van der Waals surface area (Å²) in [6.07, 6.45) is 23.0. The summed E-state index contributed by atoms with van der Waals surface area (Å²) in [5.41, 5.74) is 0. The van der Waals surface area contributed by atoms with E-state index in [2.05, 4.69) is 13.8 Å². The molecule has 1 heteroatoms. The van der Waals surface area contributed by atoms with Gasteiger partial charge in [-0.15, -0.1) is 0 Å². The first-order chi connectivity index (χ1) is 10.3. The molecule has 0 N–H and O–H groups in total. The van der Waals surface area contributed by atoms with E-state index in [1.165, 1.54) is 103 Å². The molecular weight excluding hydrogens is 272 g/mol. The van der Waals surface area contributed by atoms with E-state index in [-0.39, 0.29) is 0 Å². The van der Waals surface area contributed by atoms with Crippen molar-refractivity contribution in [1.29, 1.82) is 0 Å². The number of rotatable bonds is 17. The molecule has 0 atom stereocenters. The zero-order chi connectivity index (χ0) is 15.6. The maximum Gasteiger partial charge on any atom is 0.00369 e. The molecule has 0 bridgehead atoms. The number of hydrogen-bond donors (Lipinski definition) is 0. The monoisotopic (exact) mass is 313 g/mol. The summed E-state index contributed by atoms with van der Waals surface area (Å²) in [6.45, 7) is 4.67. The Morgan fingerprint density at radius 1 is 0.476 bits per heavy atom. The average molecular weight is 314 g/mol. The van der Waals surface area contributed by atoms with E-state index < -0.39 is 0 Å². The zero-order valence-electron chi connectivity index (χ0n) is 15.0. The summed E-state index contributed by atoms with van der Waals surface area (Å²) in [5.74, 6) is 1.85.